The molecular weight excluding hydrogens is 316 g/mol. The lowest BCUT2D eigenvalue weighted by atomic mass is 10.1. The smallest absolute Gasteiger partial charge is 0.255 e. The number of carbonyl (C=O) groups is 1. The van der Waals surface area contributed by atoms with Gasteiger partial charge in [0, 0.05) is 37.9 Å². The Bertz CT molecular complexity index is 708. The summed E-state index contributed by atoms with van der Waals surface area (Å²) in [5, 5.41) is 4.29. The van der Waals surface area contributed by atoms with E-state index in [1.54, 1.807) is 18.2 Å². The topological polar surface area (TPSA) is 75.6 Å². The average Bonchev–Trinajstić information content (AvgIpc) is 2.92. The molecule has 0 radical (unpaired) electrons. The van der Waals surface area contributed by atoms with Crippen LogP contribution in [0.25, 0.3) is 0 Å². The molecule has 23 heavy (non-hydrogen) atoms. The number of amides is 1. The number of nitrogen functional groups attached to an aromatic ring is 1. The Hall–Kier alpha value is -2.05. The van der Waals surface area contributed by atoms with Gasteiger partial charge in [0.25, 0.3) is 5.91 Å². The largest absolute Gasteiger partial charge is 0.399 e. The molecule has 6 nitrogen and oxygen atoms in total. The average molecular weight is 335 g/mol. The maximum Gasteiger partial charge on any atom is 0.255 e. The first-order valence-electron chi connectivity index (χ1n) is 7.52. The van der Waals surface area contributed by atoms with E-state index in [1.807, 2.05) is 17.9 Å². The van der Waals surface area contributed by atoms with Crippen LogP contribution in [0.1, 0.15) is 21.8 Å². The molecule has 122 valence electrons. The number of halogens is 1. The predicted octanol–water partition coefficient (Wildman–Crippen LogP) is 2.18. The molecule has 2 heterocycles. The summed E-state index contributed by atoms with van der Waals surface area (Å²) >= 11 is 6.12. The van der Waals surface area contributed by atoms with Crippen molar-refractivity contribution in [2.45, 2.75) is 13.5 Å². The summed E-state index contributed by atoms with van der Waals surface area (Å²) < 4.78 is 5.24. The van der Waals surface area contributed by atoms with E-state index in [-0.39, 0.29) is 5.91 Å². The molecule has 2 aromatic rings. The number of piperazine rings is 1. The van der Waals surface area contributed by atoms with Gasteiger partial charge in [0.15, 0.2) is 5.76 Å². The number of nitrogens with two attached hydrogens (primary N) is 1. The van der Waals surface area contributed by atoms with E-state index in [4.69, 9.17) is 21.9 Å². The molecule has 7 heteroatoms. The van der Waals surface area contributed by atoms with E-state index < -0.39 is 0 Å². The molecular formula is C16H19ClN4O2. The van der Waals surface area contributed by atoms with Gasteiger partial charge in [0.2, 0.25) is 0 Å². The molecule has 1 saturated heterocycles. The van der Waals surface area contributed by atoms with Crippen LogP contribution in [0.2, 0.25) is 5.02 Å². The van der Waals surface area contributed by atoms with E-state index in [0.717, 1.165) is 24.5 Å². The van der Waals surface area contributed by atoms with Crippen molar-refractivity contribution in [3.63, 3.8) is 0 Å². The number of nitrogens with zero attached hydrogens (tertiary/aromatic N) is 3. The highest BCUT2D eigenvalue weighted by Gasteiger charge is 2.24. The monoisotopic (exact) mass is 334 g/mol. The number of carbonyl (C=O) groups excluding carboxylic acids is 1. The van der Waals surface area contributed by atoms with Crippen molar-refractivity contribution in [3.05, 3.63) is 46.3 Å². The molecule has 0 bridgehead atoms. The van der Waals surface area contributed by atoms with Gasteiger partial charge in [-0.25, -0.2) is 0 Å². The fourth-order valence-electron chi connectivity index (χ4n) is 2.70. The molecule has 1 aliphatic rings. The molecule has 2 N–H and O–H groups in total. The number of anilines is 1. The Balaban J connectivity index is 1.59. The number of aromatic nitrogens is 1. The maximum atomic E-state index is 12.6. The summed E-state index contributed by atoms with van der Waals surface area (Å²) in [6.07, 6.45) is 0. The summed E-state index contributed by atoms with van der Waals surface area (Å²) in [6.45, 7) is 5.51. The zero-order valence-electron chi connectivity index (χ0n) is 13.0. The molecule has 0 spiro atoms. The number of hydrogen-bond acceptors (Lipinski definition) is 5. The minimum atomic E-state index is -0.0508. The molecule has 1 aromatic heterocycles. The number of benzene rings is 1. The van der Waals surface area contributed by atoms with Gasteiger partial charge < -0.3 is 15.2 Å². The zero-order chi connectivity index (χ0) is 16.4. The first-order chi connectivity index (χ1) is 11.0. The molecule has 1 aromatic carbocycles. The molecule has 0 unspecified atom stereocenters. The summed E-state index contributed by atoms with van der Waals surface area (Å²) in [4.78, 5) is 16.6. The fourth-order valence-corrected chi connectivity index (χ4v) is 2.97. The van der Waals surface area contributed by atoms with E-state index >= 15 is 0 Å². The summed E-state index contributed by atoms with van der Waals surface area (Å²) in [5.41, 5.74) is 7.61. The van der Waals surface area contributed by atoms with Crippen LogP contribution in [0.3, 0.4) is 0 Å². The highest BCUT2D eigenvalue weighted by atomic mass is 35.5. The highest BCUT2D eigenvalue weighted by molar-refractivity contribution is 6.34. The summed E-state index contributed by atoms with van der Waals surface area (Å²) in [6, 6.07) is 6.92. The second kappa shape index (κ2) is 6.60. The normalized spacial score (nSPS) is 15.8. The fraction of sp³-hybridized carbons (Fsp3) is 0.375. The van der Waals surface area contributed by atoms with Crippen LogP contribution in [0, 0.1) is 6.92 Å². The Labute approximate surface area is 139 Å². The molecule has 1 amide bonds. The van der Waals surface area contributed by atoms with Crippen LogP contribution in [0.4, 0.5) is 5.69 Å². The lowest BCUT2D eigenvalue weighted by Crippen LogP contribution is -2.48. The van der Waals surface area contributed by atoms with Crippen molar-refractivity contribution in [1.29, 1.82) is 0 Å². The van der Waals surface area contributed by atoms with E-state index in [2.05, 4.69) is 10.1 Å². The molecule has 3 rings (SSSR count). The van der Waals surface area contributed by atoms with Gasteiger partial charge in [-0.2, -0.15) is 0 Å². The van der Waals surface area contributed by atoms with Crippen molar-refractivity contribution in [3.8, 4) is 0 Å². The quantitative estimate of drug-likeness (QED) is 0.871. The Morgan fingerprint density at radius 3 is 2.65 bits per heavy atom. The predicted molar refractivity (Wildman–Crippen MR) is 88.3 cm³/mol. The number of aryl methyl sites for hydroxylation is 1. The summed E-state index contributed by atoms with van der Waals surface area (Å²) in [7, 11) is 0. The second-order valence-electron chi connectivity index (χ2n) is 5.74. The third-order valence-corrected chi connectivity index (χ3v) is 4.25. The van der Waals surface area contributed by atoms with Crippen molar-refractivity contribution in [1.82, 2.24) is 15.0 Å². The molecule has 0 saturated carbocycles. The van der Waals surface area contributed by atoms with Crippen molar-refractivity contribution < 1.29 is 9.32 Å². The van der Waals surface area contributed by atoms with Crippen LogP contribution < -0.4 is 5.73 Å². The number of rotatable bonds is 3. The van der Waals surface area contributed by atoms with E-state index in [0.29, 0.717) is 35.9 Å². The Morgan fingerprint density at radius 2 is 2.04 bits per heavy atom. The Kier molecular flexibility index (Phi) is 4.54. The van der Waals surface area contributed by atoms with Gasteiger partial charge >= 0.3 is 0 Å². The third-order valence-electron chi connectivity index (χ3n) is 3.94. The second-order valence-corrected chi connectivity index (χ2v) is 6.15. The zero-order valence-corrected chi connectivity index (χ0v) is 13.7. The number of hydrogen-bond donors (Lipinski definition) is 1. The van der Waals surface area contributed by atoms with E-state index in [1.165, 1.54) is 0 Å². The molecule has 0 aliphatic carbocycles. The van der Waals surface area contributed by atoms with E-state index in [9.17, 15) is 4.79 Å². The van der Waals surface area contributed by atoms with Crippen molar-refractivity contribution >= 4 is 23.2 Å². The third kappa shape index (κ3) is 3.65. The summed E-state index contributed by atoms with van der Waals surface area (Å²) in [5.74, 6) is 0.800. The first kappa shape index (κ1) is 15.8. The van der Waals surface area contributed by atoms with Gasteiger partial charge in [0.05, 0.1) is 22.8 Å². The van der Waals surface area contributed by atoms with Crippen LogP contribution >= 0.6 is 11.6 Å². The van der Waals surface area contributed by atoms with Crippen molar-refractivity contribution in [2.24, 2.45) is 0 Å². The maximum absolute atomic E-state index is 12.6. The van der Waals surface area contributed by atoms with Gasteiger partial charge in [-0.05, 0) is 25.1 Å². The van der Waals surface area contributed by atoms with Crippen molar-refractivity contribution in [2.75, 3.05) is 31.9 Å². The first-order valence-corrected chi connectivity index (χ1v) is 7.89. The standard InChI is InChI=1S/C16H19ClN4O2/c1-11-8-13(23-19-11)10-20-4-6-21(7-5-20)16(22)14-3-2-12(18)9-15(14)17/h2-3,8-9H,4-7,10,18H2,1H3. The van der Waals surface area contributed by atoms with Crippen LogP contribution in [0.15, 0.2) is 28.8 Å². The Morgan fingerprint density at radius 1 is 1.30 bits per heavy atom. The van der Waals surface area contributed by atoms with Gasteiger partial charge in [-0.15, -0.1) is 0 Å². The lowest BCUT2D eigenvalue weighted by Gasteiger charge is -2.34. The van der Waals surface area contributed by atoms with Gasteiger partial charge in [-0.1, -0.05) is 16.8 Å². The van der Waals surface area contributed by atoms with Crippen LogP contribution in [-0.4, -0.2) is 47.0 Å². The molecule has 0 atom stereocenters. The molecule has 1 fully saturated rings. The minimum absolute atomic E-state index is 0.0508. The molecule has 1 aliphatic heterocycles. The lowest BCUT2D eigenvalue weighted by molar-refractivity contribution is 0.0617. The van der Waals surface area contributed by atoms with Gasteiger partial charge in [0.1, 0.15) is 0 Å². The van der Waals surface area contributed by atoms with Crippen LogP contribution in [-0.2, 0) is 6.54 Å². The van der Waals surface area contributed by atoms with Gasteiger partial charge in [-0.3, -0.25) is 9.69 Å². The van der Waals surface area contributed by atoms with Crippen LogP contribution in [0.5, 0.6) is 0 Å². The SMILES string of the molecule is Cc1cc(CN2CCN(C(=O)c3ccc(N)cc3Cl)CC2)on1. The highest BCUT2D eigenvalue weighted by Crippen LogP contribution is 2.21. The minimum Gasteiger partial charge on any atom is -0.399 e.